The Balaban J connectivity index is 2.23. The number of amides is 1. The maximum Gasteiger partial charge on any atom is 0.416 e. The summed E-state index contributed by atoms with van der Waals surface area (Å²) in [6.07, 6.45) is -10.4. The summed E-state index contributed by atoms with van der Waals surface area (Å²) in [5.41, 5.74) is -4.22. The highest BCUT2D eigenvalue weighted by molar-refractivity contribution is 7.89. The lowest BCUT2D eigenvalue weighted by atomic mass is 10.0. The Hall–Kier alpha value is -3.24. The van der Waals surface area contributed by atoms with Gasteiger partial charge < -0.3 is 9.30 Å². The van der Waals surface area contributed by atoms with E-state index in [9.17, 15) is 44.3 Å². The molecule has 0 saturated heterocycles. The molecule has 16 heteroatoms. The van der Waals surface area contributed by atoms with Crippen LogP contribution in [0.2, 0.25) is 0 Å². The maximum absolute atomic E-state index is 13.2. The molecule has 0 aliphatic carbocycles. The normalized spacial score (nSPS) is 13.3. The summed E-state index contributed by atoms with van der Waals surface area (Å²) in [7, 11) is -4.14. The van der Waals surface area contributed by atoms with Crippen molar-refractivity contribution in [2.75, 3.05) is 6.61 Å². The molecular weight excluding hydrogens is 540 g/mol. The van der Waals surface area contributed by atoms with E-state index in [0.29, 0.717) is 11.3 Å². The van der Waals surface area contributed by atoms with Gasteiger partial charge in [0.2, 0.25) is 10.0 Å². The van der Waals surface area contributed by atoms with Crippen molar-refractivity contribution >= 4 is 43.5 Å². The van der Waals surface area contributed by atoms with Crippen molar-refractivity contribution in [2.24, 2.45) is 10.1 Å². The predicted octanol–water partition coefficient (Wildman–Crippen LogP) is 3.69. The van der Waals surface area contributed by atoms with E-state index >= 15 is 0 Å². The first-order valence-electron chi connectivity index (χ1n) is 9.71. The average Bonchev–Trinajstić information content (AvgIpc) is 3.07. The van der Waals surface area contributed by atoms with E-state index in [4.69, 9.17) is 9.88 Å². The summed E-state index contributed by atoms with van der Waals surface area (Å²) < 4.78 is 108. The predicted molar refractivity (Wildman–Crippen MR) is 114 cm³/mol. The smallest absolute Gasteiger partial charge is 0.416 e. The molecule has 2 aromatic carbocycles. The first-order chi connectivity index (χ1) is 16.5. The number of nitrogens with zero attached hydrogens (tertiary/aromatic N) is 2. The van der Waals surface area contributed by atoms with Crippen molar-refractivity contribution in [3.63, 3.8) is 0 Å². The Morgan fingerprint density at radius 1 is 1.03 bits per heavy atom. The fourth-order valence-electron chi connectivity index (χ4n) is 3.03. The van der Waals surface area contributed by atoms with Crippen LogP contribution in [0.5, 0.6) is 0 Å². The number of thiazole rings is 1. The highest BCUT2D eigenvalue weighted by Gasteiger charge is 2.37. The number of ether oxygens (including phenoxy) is 1. The summed E-state index contributed by atoms with van der Waals surface area (Å²) in [5.74, 6) is -2.25. The Bertz CT molecular complexity index is 1490. The summed E-state index contributed by atoms with van der Waals surface area (Å²) in [6, 6.07) is 3.80. The number of hydrogen-bond donors (Lipinski definition) is 1. The van der Waals surface area contributed by atoms with Gasteiger partial charge in [-0.25, -0.2) is 13.6 Å². The van der Waals surface area contributed by atoms with E-state index < -0.39 is 57.5 Å². The van der Waals surface area contributed by atoms with E-state index in [1.807, 2.05) is 0 Å². The molecule has 1 aromatic heterocycles. The molecule has 3 aromatic rings. The lowest BCUT2D eigenvalue weighted by molar-refractivity contribution is -0.144. The lowest BCUT2D eigenvalue weighted by Crippen LogP contribution is -2.23. The van der Waals surface area contributed by atoms with Crippen molar-refractivity contribution in [1.82, 2.24) is 4.57 Å². The van der Waals surface area contributed by atoms with Crippen LogP contribution in [0.1, 0.15) is 28.4 Å². The van der Waals surface area contributed by atoms with E-state index in [1.54, 1.807) is 0 Å². The minimum atomic E-state index is -5.18. The average molecular weight is 555 g/mol. The van der Waals surface area contributed by atoms with Gasteiger partial charge in [-0.1, -0.05) is 11.3 Å². The monoisotopic (exact) mass is 555 g/mol. The molecule has 8 nitrogen and oxygen atoms in total. The zero-order valence-corrected chi connectivity index (χ0v) is 19.6. The second-order valence-electron chi connectivity index (χ2n) is 7.16. The zero-order valence-electron chi connectivity index (χ0n) is 18.0. The van der Waals surface area contributed by atoms with Gasteiger partial charge in [0.1, 0.15) is 6.54 Å². The van der Waals surface area contributed by atoms with Crippen molar-refractivity contribution in [1.29, 1.82) is 0 Å². The standard InChI is InChI=1S/C20H15F6N3O5S2/c1-2-34-16(30)9-29-14-4-3-13(36(27,32)33)8-15(14)35-18(29)28-17(31)10-5-11(19(21,22)23)7-12(6-10)20(24,25)26/h3-8H,2,9H2,1H3,(H2,27,32,33). The van der Waals surface area contributed by atoms with Gasteiger partial charge in [0.25, 0.3) is 5.91 Å². The fraction of sp³-hybridized carbons (Fsp3) is 0.250. The molecule has 0 saturated carbocycles. The molecule has 0 unspecified atom stereocenters. The molecule has 194 valence electrons. The van der Waals surface area contributed by atoms with Crippen molar-refractivity contribution in [3.05, 3.63) is 57.9 Å². The summed E-state index contributed by atoms with van der Waals surface area (Å²) in [5, 5.41) is 5.10. The minimum Gasteiger partial charge on any atom is -0.465 e. The van der Waals surface area contributed by atoms with E-state index in [2.05, 4.69) is 4.99 Å². The number of alkyl halides is 6. The lowest BCUT2D eigenvalue weighted by Gasteiger charge is -2.13. The Labute approximate surface area is 202 Å². The molecule has 0 spiro atoms. The largest absolute Gasteiger partial charge is 0.465 e. The molecule has 36 heavy (non-hydrogen) atoms. The molecule has 3 rings (SSSR count). The molecule has 0 aliphatic rings. The number of hydrogen-bond acceptors (Lipinski definition) is 6. The topological polar surface area (TPSA) is 121 Å². The maximum atomic E-state index is 13.2. The molecule has 2 N–H and O–H groups in total. The molecule has 0 fully saturated rings. The van der Waals surface area contributed by atoms with Crippen LogP contribution < -0.4 is 9.94 Å². The number of sulfonamides is 1. The minimum absolute atomic E-state index is 0.00705. The number of nitrogens with two attached hydrogens (primary N) is 1. The third-order valence-electron chi connectivity index (χ3n) is 4.61. The van der Waals surface area contributed by atoms with Crippen LogP contribution in [-0.2, 0) is 38.5 Å². The van der Waals surface area contributed by atoms with Crippen molar-refractivity contribution in [2.45, 2.75) is 30.7 Å². The molecule has 0 aliphatic heterocycles. The zero-order chi connectivity index (χ0) is 27.1. The van der Waals surface area contributed by atoms with E-state index in [1.165, 1.54) is 13.0 Å². The molecule has 0 atom stereocenters. The van der Waals surface area contributed by atoms with Crippen LogP contribution in [0, 0.1) is 0 Å². The molecular formula is C20H15F6N3O5S2. The van der Waals surface area contributed by atoms with Gasteiger partial charge in [-0.05, 0) is 43.3 Å². The number of primary sulfonamides is 1. The van der Waals surface area contributed by atoms with Gasteiger partial charge >= 0.3 is 18.3 Å². The highest BCUT2D eigenvalue weighted by atomic mass is 32.2. The Kier molecular flexibility index (Phi) is 7.34. The van der Waals surface area contributed by atoms with Gasteiger partial charge in [0.15, 0.2) is 4.80 Å². The second kappa shape index (κ2) is 9.67. The summed E-state index contributed by atoms with van der Waals surface area (Å²) in [6.45, 7) is 0.977. The highest BCUT2D eigenvalue weighted by Crippen LogP contribution is 2.36. The number of fused-ring (bicyclic) bond motifs is 1. The number of carbonyl (C=O) groups is 2. The SMILES string of the molecule is CCOC(=O)Cn1c(=NC(=O)c2cc(C(F)(F)F)cc(C(F)(F)F)c2)sc2cc(S(N)(=O)=O)ccc21. The Morgan fingerprint density at radius 3 is 2.11 bits per heavy atom. The first kappa shape index (κ1) is 27.3. The molecule has 0 radical (unpaired) electrons. The third kappa shape index (κ3) is 6.11. The number of esters is 1. The molecule has 0 bridgehead atoms. The third-order valence-corrected chi connectivity index (χ3v) is 6.56. The number of carbonyl (C=O) groups excluding carboxylic acids is 2. The number of rotatable bonds is 5. The van der Waals surface area contributed by atoms with Crippen molar-refractivity contribution < 1.29 is 49.1 Å². The van der Waals surface area contributed by atoms with E-state index in [0.717, 1.165) is 16.7 Å². The van der Waals surface area contributed by atoms with Crippen LogP contribution in [0.25, 0.3) is 10.2 Å². The molecule has 1 amide bonds. The van der Waals surface area contributed by atoms with Gasteiger partial charge in [-0.15, -0.1) is 0 Å². The van der Waals surface area contributed by atoms with Crippen LogP contribution in [-0.4, -0.2) is 31.5 Å². The van der Waals surface area contributed by atoms with Gasteiger partial charge in [-0.3, -0.25) is 9.59 Å². The molecule has 1 heterocycles. The van der Waals surface area contributed by atoms with Gasteiger partial charge in [-0.2, -0.15) is 31.3 Å². The van der Waals surface area contributed by atoms with Crippen molar-refractivity contribution in [3.8, 4) is 0 Å². The quantitative estimate of drug-likeness (QED) is 0.380. The fourth-order valence-corrected chi connectivity index (χ4v) is 4.72. The van der Waals surface area contributed by atoms with Crippen LogP contribution >= 0.6 is 11.3 Å². The summed E-state index contributed by atoms with van der Waals surface area (Å²) >= 11 is 0.660. The number of halogens is 6. The van der Waals surface area contributed by atoms with Gasteiger partial charge in [0, 0.05) is 5.56 Å². The second-order valence-corrected chi connectivity index (χ2v) is 9.73. The van der Waals surface area contributed by atoms with Crippen LogP contribution in [0.3, 0.4) is 0 Å². The summed E-state index contributed by atoms with van der Waals surface area (Å²) in [4.78, 5) is 27.8. The number of aromatic nitrogens is 1. The number of benzene rings is 2. The van der Waals surface area contributed by atoms with E-state index in [-0.39, 0.29) is 44.7 Å². The first-order valence-corrected chi connectivity index (χ1v) is 12.1. The Morgan fingerprint density at radius 2 is 1.61 bits per heavy atom. The van der Waals surface area contributed by atoms with Gasteiger partial charge in [0.05, 0.1) is 32.8 Å². The van der Waals surface area contributed by atoms with Crippen LogP contribution in [0.4, 0.5) is 26.3 Å². The van der Waals surface area contributed by atoms with Crippen LogP contribution in [0.15, 0.2) is 46.3 Å².